The number of fused-ring (bicyclic) bond motifs is 1. The monoisotopic (exact) mass is 326 g/mol. The Morgan fingerprint density at radius 3 is 2.62 bits per heavy atom. The van der Waals surface area contributed by atoms with Crippen molar-refractivity contribution in [3.63, 3.8) is 0 Å². The van der Waals surface area contributed by atoms with Crippen LogP contribution in [0.2, 0.25) is 0 Å². The van der Waals surface area contributed by atoms with Crippen LogP contribution in [0.1, 0.15) is 13.8 Å². The molecule has 0 saturated carbocycles. The maximum absolute atomic E-state index is 5.40. The molecule has 1 aromatic carbocycles. The van der Waals surface area contributed by atoms with Crippen molar-refractivity contribution in [3.05, 3.63) is 36.8 Å². The van der Waals surface area contributed by atoms with Crippen molar-refractivity contribution in [2.75, 3.05) is 26.1 Å². The summed E-state index contributed by atoms with van der Waals surface area (Å²) in [7, 11) is 3.26. The van der Waals surface area contributed by atoms with Crippen molar-refractivity contribution in [1.82, 2.24) is 14.4 Å². The number of rotatable bonds is 6. The number of nitrogens with one attached hydrogen (secondary N) is 1. The van der Waals surface area contributed by atoms with Gasteiger partial charge < -0.3 is 14.8 Å². The number of imidazole rings is 1. The summed E-state index contributed by atoms with van der Waals surface area (Å²) in [4.78, 5) is 8.94. The van der Waals surface area contributed by atoms with E-state index in [0.29, 0.717) is 17.4 Å². The van der Waals surface area contributed by atoms with Gasteiger partial charge in [-0.15, -0.1) is 0 Å². The molecule has 2 heterocycles. The highest BCUT2D eigenvalue weighted by Gasteiger charge is 2.12. The Balaban J connectivity index is 2.03. The second kappa shape index (κ2) is 6.78. The maximum Gasteiger partial charge on any atom is 0.180 e. The fraction of sp³-hybridized carbons (Fsp3) is 0.333. The van der Waals surface area contributed by atoms with E-state index < -0.39 is 0 Å². The summed E-state index contributed by atoms with van der Waals surface area (Å²) >= 11 is 0. The molecule has 126 valence electrons. The molecule has 0 fully saturated rings. The van der Waals surface area contributed by atoms with Crippen LogP contribution in [-0.2, 0) is 0 Å². The standard InChI is InChI=1S/C18H22N4O2/c1-12(2)10-20-17-18-21-11-14(22(18)8-7-19-17)13-5-6-15(23-3)16(9-13)24-4/h5-9,11-12H,10H2,1-4H3,(H,19,20). The first-order chi connectivity index (χ1) is 11.6. The fourth-order valence-electron chi connectivity index (χ4n) is 2.55. The summed E-state index contributed by atoms with van der Waals surface area (Å²) in [6.07, 6.45) is 5.54. The van der Waals surface area contributed by atoms with Gasteiger partial charge in [0.15, 0.2) is 23.0 Å². The largest absolute Gasteiger partial charge is 0.493 e. The zero-order chi connectivity index (χ0) is 17.1. The van der Waals surface area contributed by atoms with Gasteiger partial charge in [-0.2, -0.15) is 0 Å². The third kappa shape index (κ3) is 2.99. The van der Waals surface area contributed by atoms with Crippen molar-refractivity contribution in [2.45, 2.75) is 13.8 Å². The minimum Gasteiger partial charge on any atom is -0.493 e. The van der Waals surface area contributed by atoms with Crippen molar-refractivity contribution in [3.8, 4) is 22.8 Å². The van der Waals surface area contributed by atoms with Crippen LogP contribution in [0.5, 0.6) is 11.5 Å². The lowest BCUT2D eigenvalue weighted by Gasteiger charge is -2.11. The molecule has 0 aliphatic heterocycles. The number of methoxy groups -OCH3 is 2. The molecule has 6 heteroatoms. The van der Waals surface area contributed by atoms with Crippen LogP contribution in [0.4, 0.5) is 5.82 Å². The molecule has 6 nitrogen and oxygen atoms in total. The summed E-state index contributed by atoms with van der Waals surface area (Å²) in [6.45, 7) is 5.17. The van der Waals surface area contributed by atoms with E-state index in [-0.39, 0.29) is 0 Å². The summed E-state index contributed by atoms with van der Waals surface area (Å²) in [6, 6.07) is 5.84. The van der Waals surface area contributed by atoms with E-state index >= 15 is 0 Å². The van der Waals surface area contributed by atoms with Crippen molar-refractivity contribution in [2.24, 2.45) is 5.92 Å². The molecule has 0 bridgehead atoms. The highest BCUT2D eigenvalue weighted by molar-refractivity contribution is 5.72. The molecule has 0 aliphatic carbocycles. The number of hydrogen-bond acceptors (Lipinski definition) is 5. The molecule has 0 radical (unpaired) electrons. The van der Waals surface area contributed by atoms with Gasteiger partial charge >= 0.3 is 0 Å². The van der Waals surface area contributed by atoms with Gasteiger partial charge in [-0.25, -0.2) is 9.97 Å². The molecular formula is C18H22N4O2. The highest BCUT2D eigenvalue weighted by Crippen LogP contribution is 2.33. The van der Waals surface area contributed by atoms with Crippen molar-refractivity contribution < 1.29 is 9.47 Å². The number of nitrogens with zero attached hydrogens (tertiary/aromatic N) is 3. The van der Waals surface area contributed by atoms with E-state index in [2.05, 4.69) is 29.1 Å². The first-order valence-corrected chi connectivity index (χ1v) is 7.92. The molecule has 0 amide bonds. The van der Waals surface area contributed by atoms with Gasteiger partial charge in [0.25, 0.3) is 0 Å². The molecule has 2 aromatic heterocycles. The Labute approximate surface area is 141 Å². The quantitative estimate of drug-likeness (QED) is 0.751. The van der Waals surface area contributed by atoms with E-state index in [0.717, 1.165) is 29.3 Å². The smallest absolute Gasteiger partial charge is 0.180 e. The first kappa shape index (κ1) is 16.1. The Morgan fingerprint density at radius 1 is 1.12 bits per heavy atom. The Morgan fingerprint density at radius 2 is 1.92 bits per heavy atom. The molecule has 0 saturated heterocycles. The lowest BCUT2D eigenvalue weighted by Crippen LogP contribution is -2.10. The third-order valence-electron chi connectivity index (χ3n) is 3.79. The lowest BCUT2D eigenvalue weighted by molar-refractivity contribution is 0.355. The van der Waals surface area contributed by atoms with Crippen LogP contribution in [0.15, 0.2) is 36.8 Å². The van der Waals surface area contributed by atoms with E-state index in [1.807, 2.05) is 35.0 Å². The SMILES string of the molecule is COc1ccc(-c2cnc3c(NCC(C)C)nccn23)cc1OC. The molecule has 0 unspecified atom stereocenters. The number of aromatic nitrogens is 3. The molecule has 0 spiro atoms. The molecule has 0 aliphatic rings. The predicted molar refractivity (Wildman–Crippen MR) is 94.9 cm³/mol. The van der Waals surface area contributed by atoms with E-state index in [9.17, 15) is 0 Å². The minimum absolute atomic E-state index is 0.535. The summed E-state index contributed by atoms with van der Waals surface area (Å²) < 4.78 is 12.7. The number of anilines is 1. The van der Waals surface area contributed by atoms with Gasteiger partial charge in [0.05, 0.1) is 26.1 Å². The fourth-order valence-corrected chi connectivity index (χ4v) is 2.55. The average molecular weight is 326 g/mol. The maximum atomic E-state index is 5.40. The minimum atomic E-state index is 0.535. The number of ether oxygens (including phenoxy) is 2. The molecule has 24 heavy (non-hydrogen) atoms. The summed E-state index contributed by atoms with van der Waals surface area (Å²) in [5, 5.41) is 3.35. The summed E-state index contributed by atoms with van der Waals surface area (Å²) in [5.74, 6) is 2.72. The van der Waals surface area contributed by atoms with Crippen LogP contribution >= 0.6 is 0 Å². The van der Waals surface area contributed by atoms with Gasteiger partial charge in [-0.3, -0.25) is 4.40 Å². The normalized spacial score (nSPS) is 11.0. The van der Waals surface area contributed by atoms with Gasteiger partial charge in [0.2, 0.25) is 0 Å². The second-order valence-corrected chi connectivity index (χ2v) is 5.96. The van der Waals surface area contributed by atoms with Gasteiger partial charge in [-0.05, 0) is 24.1 Å². The lowest BCUT2D eigenvalue weighted by atomic mass is 10.1. The van der Waals surface area contributed by atoms with Crippen LogP contribution in [0.25, 0.3) is 16.9 Å². The average Bonchev–Trinajstić information content (AvgIpc) is 3.03. The second-order valence-electron chi connectivity index (χ2n) is 5.96. The number of benzene rings is 1. The highest BCUT2D eigenvalue weighted by atomic mass is 16.5. The van der Waals surface area contributed by atoms with Crippen molar-refractivity contribution >= 4 is 11.5 Å². The van der Waals surface area contributed by atoms with E-state index in [4.69, 9.17) is 9.47 Å². The van der Waals surface area contributed by atoms with Crippen LogP contribution in [0.3, 0.4) is 0 Å². The molecule has 3 aromatic rings. The van der Waals surface area contributed by atoms with Gasteiger partial charge in [-0.1, -0.05) is 13.8 Å². The molecule has 3 rings (SSSR count). The molecule has 0 atom stereocenters. The third-order valence-corrected chi connectivity index (χ3v) is 3.79. The summed E-state index contributed by atoms with van der Waals surface area (Å²) in [5.41, 5.74) is 2.78. The Hall–Kier alpha value is -2.76. The van der Waals surface area contributed by atoms with Crippen LogP contribution in [-0.4, -0.2) is 35.1 Å². The molecular weight excluding hydrogens is 304 g/mol. The van der Waals surface area contributed by atoms with Crippen LogP contribution < -0.4 is 14.8 Å². The Kier molecular flexibility index (Phi) is 4.55. The van der Waals surface area contributed by atoms with E-state index in [1.165, 1.54) is 0 Å². The Bertz CT molecular complexity index is 842. The first-order valence-electron chi connectivity index (χ1n) is 7.92. The van der Waals surface area contributed by atoms with Crippen molar-refractivity contribution in [1.29, 1.82) is 0 Å². The predicted octanol–water partition coefficient (Wildman–Crippen LogP) is 3.48. The topological polar surface area (TPSA) is 60.7 Å². The zero-order valence-electron chi connectivity index (χ0n) is 14.4. The molecule has 1 N–H and O–H groups in total. The van der Waals surface area contributed by atoms with Gasteiger partial charge in [0.1, 0.15) is 0 Å². The van der Waals surface area contributed by atoms with Gasteiger partial charge in [0, 0.05) is 24.5 Å². The van der Waals surface area contributed by atoms with E-state index in [1.54, 1.807) is 20.4 Å². The van der Waals surface area contributed by atoms with Crippen LogP contribution in [0, 0.1) is 5.92 Å². The number of hydrogen-bond donors (Lipinski definition) is 1. The zero-order valence-corrected chi connectivity index (χ0v) is 14.4.